The third-order valence-electron chi connectivity index (χ3n) is 2.35. The Morgan fingerprint density at radius 2 is 2.18 bits per heavy atom. The van der Waals surface area contributed by atoms with Gasteiger partial charge in [-0.15, -0.1) is 0 Å². The molecule has 0 radical (unpaired) electrons. The van der Waals surface area contributed by atoms with E-state index in [1.54, 1.807) is 0 Å². The minimum absolute atomic E-state index is 0.413. The van der Waals surface area contributed by atoms with Crippen LogP contribution in [0.5, 0.6) is 0 Å². The maximum Gasteiger partial charge on any atom is 0.105 e. The molecular weight excluding hydrogens is 298 g/mol. The summed E-state index contributed by atoms with van der Waals surface area (Å²) in [7, 11) is 4.15. The Balaban J connectivity index is 2.50. The number of rotatable bonds is 6. The molecule has 0 bridgehead atoms. The van der Waals surface area contributed by atoms with Crippen molar-refractivity contribution in [1.29, 1.82) is 0 Å². The average Bonchev–Trinajstić information content (AvgIpc) is 2.23. The third-order valence-corrected chi connectivity index (χ3v) is 3.22. The monoisotopic (exact) mass is 315 g/mol. The molecule has 1 aromatic carbocycles. The lowest BCUT2D eigenvalue weighted by Crippen LogP contribution is -2.16. The maximum absolute atomic E-state index is 5.60. The van der Waals surface area contributed by atoms with Gasteiger partial charge in [-0.25, -0.2) is 0 Å². The number of benzene rings is 1. The van der Waals surface area contributed by atoms with E-state index in [0.717, 1.165) is 35.2 Å². The molecule has 0 aliphatic carbocycles. The highest BCUT2D eigenvalue weighted by Crippen LogP contribution is 2.21. The van der Waals surface area contributed by atoms with E-state index >= 15 is 0 Å². The van der Waals surface area contributed by atoms with Crippen molar-refractivity contribution in [1.82, 2.24) is 4.90 Å². The SMILES string of the molecule is CN(C)CCCNc1ccc(C(N)=S)c(Br)c1. The maximum atomic E-state index is 5.60. The topological polar surface area (TPSA) is 41.3 Å². The molecule has 17 heavy (non-hydrogen) atoms. The number of nitrogens with one attached hydrogen (secondary N) is 1. The number of halogens is 1. The Kier molecular flexibility index (Phi) is 5.88. The van der Waals surface area contributed by atoms with Crippen molar-refractivity contribution in [2.45, 2.75) is 6.42 Å². The summed E-state index contributed by atoms with van der Waals surface area (Å²) < 4.78 is 0.933. The zero-order chi connectivity index (χ0) is 12.8. The summed E-state index contributed by atoms with van der Waals surface area (Å²) >= 11 is 8.41. The zero-order valence-electron chi connectivity index (χ0n) is 10.2. The minimum Gasteiger partial charge on any atom is -0.389 e. The third kappa shape index (κ3) is 5.02. The molecule has 5 heteroatoms. The second-order valence-corrected chi connectivity index (χ2v) is 5.44. The van der Waals surface area contributed by atoms with Crippen LogP contribution in [0.3, 0.4) is 0 Å². The Hall–Kier alpha value is -0.650. The molecule has 0 fully saturated rings. The summed E-state index contributed by atoms with van der Waals surface area (Å²) in [4.78, 5) is 2.59. The van der Waals surface area contributed by atoms with E-state index in [-0.39, 0.29) is 0 Å². The summed E-state index contributed by atoms with van der Waals surface area (Å²) in [6, 6.07) is 5.93. The molecule has 3 N–H and O–H groups in total. The van der Waals surface area contributed by atoms with Gasteiger partial charge in [-0.1, -0.05) is 12.2 Å². The molecule has 94 valence electrons. The lowest BCUT2D eigenvalue weighted by Gasteiger charge is -2.11. The number of nitrogens with two attached hydrogens (primary N) is 1. The standard InChI is InChI=1S/C12H18BrN3S/c1-16(2)7-3-6-15-9-4-5-10(12(14)17)11(13)8-9/h4-5,8,15H,3,6-7H2,1-2H3,(H2,14,17). The Morgan fingerprint density at radius 1 is 1.47 bits per heavy atom. The van der Waals surface area contributed by atoms with Crippen molar-refractivity contribution in [3.63, 3.8) is 0 Å². The molecule has 0 aliphatic heterocycles. The highest BCUT2D eigenvalue weighted by atomic mass is 79.9. The van der Waals surface area contributed by atoms with Gasteiger partial charge in [0.05, 0.1) is 0 Å². The molecule has 0 unspecified atom stereocenters. The normalized spacial score (nSPS) is 10.6. The van der Waals surface area contributed by atoms with Crippen LogP contribution in [-0.4, -0.2) is 37.1 Å². The van der Waals surface area contributed by atoms with Crippen LogP contribution in [0.15, 0.2) is 22.7 Å². The van der Waals surface area contributed by atoms with E-state index in [0.29, 0.717) is 4.99 Å². The summed E-state index contributed by atoms with van der Waals surface area (Å²) in [5.41, 5.74) is 7.55. The number of nitrogens with zero attached hydrogens (tertiary/aromatic N) is 1. The average molecular weight is 316 g/mol. The van der Waals surface area contributed by atoms with Crippen LogP contribution in [0.1, 0.15) is 12.0 Å². The van der Waals surface area contributed by atoms with Crippen LogP contribution < -0.4 is 11.1 Å². The van der Waals surface area contributed by atoms with E-state index in [1.807, 2.05) is 18.2 Å². The number of hydrogen-bond donors (Lipinski definition) is 2. The molecule has 0 heterocycles. The van der Waals surface area contributed by atoms with Crippen LogP contribution in [0.4, 0.5) is 5.69 Å². The quantitative estimate of drug-likeness (QED) is 0.625. The van der Waals surface area contributed by atoms with Gasteiger partial charge in [0.1, 0.15) is 4.99 Å². The molecule has 0 atom stereocenters. The number of hydrogen-bond acceptors (Lipinski definition) is 3. The molecule has 0 spiro atoms. The fourth-order valence-corrected chi connectivity index (χ4v) is 2.35. The summed E-state index contributed by atoms with van der Waals surface area (Å²) in [6.45, 7) is 2.04. The summed E-state index contributed by atoms with van der Waals surface area (Å²) in [5, 5.41) is 3.37. The summed E-state index contributed by atoms with van der Waals surface area (Å²) in [5.74, 6) is 0. The lowest BCUT2D eigenvalue weighted by molar-refractivity contribution is 0.405. The van der Waals surface area contributed by atoms with Crippen LogP contribution in [-0.2, 0) is 0 Å². The molecule has 3 nitrogen and oxygen atoms in total. The van der Waals surface area contributed by atoms with E-state index in [1.165, 1.54) is 0 Å². The van der Waals surface area contributed by atoms with E-state index < -0.39 is 0 Å². The summed E-state index contributed by atoms with van der Waals surface area (Å²) in [6.07, 6.45) is 1.11. The first-order valence-corrected chi connectivity index (χ1v) is 6.69. The zero-order valence-corrected chi connectivity index (χ0v) is 12.6. The van der Waals surface area contributed by atoms with Gasteiger partial charge in [-0.05, 0) is 61.2 Å². The van der Waals surface area contributed by atoms with Gasteiger partial charge in [0.2, 0.25) is 0 Å². The number of thiocarbonyl (C=S) groups is 1. The van der Waals surface area contributed by atoms with Gasteiger partial charge < -0.3 is 16.0 Å². The predicted octanol–water partition coefficient (Wildman–Crippen LogP) is 2.45. The van der Waals surface area contributed by atoms with Gasteiger partial charge in [0.15, 0.2) is 0 Å². The Labute approximate surface area is 116 Å². The van der Waals surface area contributed by atoms with Crippen LogP contribution in [0, 0.1) is 0 Å². The van der Waals surface area contributed by atoms with E-state index in [9.17, 15) is 0 Å². The van der Waals surface area contributed by atoms with Crippen LogP contribution in [0.2, 0.25) is 0 Å². The van der Waals surface area contributed by atoms with E-state index in [2.05, 4.69) is 40.2 Å². The molecule has 0 aliphatic rings. The highest BCUT2D eigenvalue weighted by molar-refractivity contribution is 9.10. The van der Waals surface area contributed by atoms with Gasteiger partial charge in [-0.3, -0.25) is 0 Å². The Morgan fingerprint density at radius 3 is 2.71 bits per heavy atom. The largest absolute Gasteiger partial charge is 0.389 e. The molecule has 1 rings (SSSR count). The first kappa shape index (κ1) is 14.4. The molecular formula is C12H18BrN3S. The van der Waals surface area contributed by atoms with Gasteiger partial charge in [0, 0.05) is 22.3 Å². The predicted molar refractivity (Wildman–Crippen MR) is 81.7 cm³/mol. The second kappa shape index (κ2) is 6.93. The van der Waals surface area contributed by atoms with Crippen molar-refractivity contribution >= 4 is 38.8 Å². The first-order chi connectivity index (χ1) is 8.00. The van der Waals surface area contributed by atoms with Gasteiger partial charge >= 0.3 is 0 Å². The van der Waals surface area contributed by atoms with E-state index in [4.69, 9.17) is 18.0 Å². The van der Waals surface area contributed by atoms with Crippen molar-refractivity contribution in [2.75, 3.05) is 32.5 Å². The van der Waals surface area contributed by atoms with Crippen molar-refractivity contribution < 1.29 is 0 Å². The van der Waals surface area contributed by atoms with Crippen LogP contribution >= 0.6 is 28.1 Å². The fourth-order valence-electron chi connectivity index (χ4n) is 1.45. The Bertz CT molecular complexity index is 393. The van der Waals surface area contributed by atoms with Crippen LogP contribution in [0.25, 0.3) is 0 Å². The molecule has 1 aromatic rings. The molecule has 0 amide bonds. The smallest absolute Gasteiger partial charge is 0.105 e. The lowest BCUT2D eigenvalue weighted by atomic mass is 10.2. The molecule has 0 saturated heterocycles. The molecule has 0 aromatic heterocycles. The fraction of sp³-hybridized carbons (Fsp3) is 0.417. The highest BCUT2D eigenvalue weighted by Gasteiger charge is 2.03. The van der Waals surface area contributed by atoms with Gasteiger partial charge in [-0.2, -0.15) is 0 Å². The second-order valence-electron chi connectivity index (χ2n) is 4.14. The van der Waals surface area contributed by atoms with Gasteiger partial charge in [0.25, 0.3) is 0 Å². The molecule has 0 saturated carbocycles. The number of anilines is 1. The first-order valence-electron chi connectivity index (χ1n) is 5.48. The van der Waals surface area contributed by atoms with Crippen molar-refractivity contribution in [2.24, 2.45) is 5.73 Å². The minimum atomic E-state index is 0.413. The van der Waals surface area contributed by atoms with Crippen molar-refractivity contribution in [3.05, 3.63) is 28.2 Å². The van der Waals surface area contributed by atoms with Crippen molar-refractivity contribution in [3.8, 4) is 0 Å².